The largest absolute Gasteiger partial charge is 0.330 e. The van der Waals surface area contributed by atoms with Crippen LogP contribution < -0.4 is 5.73 Å². The van der Waals surface area contributed by atoms with Crippen LogP contribution in [-0.2, 0) is 0 Å². The van der Waals surface area contributed by atoms with E-state index in [2.05, 4.69) is 11.8 Å². The molecule has 1 spiro atoms. The molecular weight excluding hydrogens is 220 g/mol. The van der Waals surface area contributed by atoms with Crippen molar-refractivity contribution >= 4 is 0 Å². The van der Waals surface area contributed by atoms with E-state index < -0.39 is 0 Å². The Morgan fingerprint density at radius 1 is 1.06 bits per heavy atom. The summed E-state index contributed by atoms with van der Waals surface area (Å²) in [5.74, 6) is 0.746. The lowest BCUT2D eigenvalue weighted by Gasteiger charge is -2.44. The molecule has 1 saturated heterocycles. The molecule has 0 aromatic heterocycles. The van der Waals surface area contributed by atoms with E-state index in [9.17, 15) is 0 Å². The van der Waals surface area contributed by atoms with Crippen molar-refractivity contribution in [2.75, 3.05) is 26.2 Å². The van der Waals surface area contributed by atoms with E-state index in [1.165, 1.54) is 77.4 Å². The van der Waals surface area contributed by atoms with E-state index in [0.29, 0.717) is 0 Å². The molecule has 2 nitrogen and oxygen atoms in total. The van der Waals surface area contributed by atoms with Crippen molar-refractivity contribution in [3.05, 3.63) is 0 Å². The second-order valence-electron chi connectivity index (χ2n) is 6.70. The Labute approximate surface area is 113 Å². The Balaban J connectivity index is 1.69. The summed E-state index contributed by atoms with van der Waals surface area (Å²) in [5, 5.41) is 0. The summed E-state index contributed by atoms with van der Waals surface area (Å²) >= 11 is 0. The molecule has 2 N–H and O–H groups in total. The van der Waals surface area contributed by atoms with Gasteiger partial charge in [0.2, 0.25) is 0 Å². The maximum atomic E-state index is 5.79. The molecule has 1 unspecified atom stereocenters. The van der Waals surface area contributed by atoms with Crippen molar-refractivity contribution < 1.29 is 0 Å². The zero-order valence-electron chi connectivity index (χ0n) is 12.3. The van der Waals surface area contributed by atoms with Crippen LogP contribution in [0, 0.1) is 11.3 Å². The molecule has 2 heteroatoms. The van der Waals surface area contributed by atoms with Gasteiger partial charge in [0.25, 0.3) is 0 Å². The average Bonchev–Trinajstić information content (AvgIpc) is 2.43. The van der Waals surface area contributed by atoms with Crippen molar-refractivity contribution in [3.8, 4) is 0 Å². The first-order valence-electron chi connectivity index (χ1n) is 8.20. The van der Waals surface area contributed by atoms with Crippen LogP contribution in [0.4, 0.5) is 0 Å². The fraction of sp³-hybridized carbons (Fsp3) is 1.00. The standard InChI is InChI=1S/C16H32N2/c1-2-15(14-17)6-11-18-12-9-16(10-13-18)7-4-3-5-8-16/h15H,2-14,17H2,1H3. The van der Waals surface area contributed by atoms with Crippen LogP contribution in [0.1, 0.15) is 64.7 Å². The van der Waals surface area contributed by atoms with Crippen LogP contribution in [0.15, 0.2) is 0 Å². The molecule has 0 aromatic rings. The Morgan fingerprint density at radius 2 is 1.72 bits per heavy atom. The summed E-state index contributed by atoms with van der Waals surface area (Å²) < 4.78 is 0. The smallest absolute Gasteiger partial charge is 0.00134 e. The van der Waals surface area contributed by atoms with Gasteiger partial charge in [-0.05, 0) is 69.6 Å². The van der Waals surface area contributed by atoms with E-state index in [-0.39, 0.29) is 0 Å². The second-order valence-corrected chi connectivity index (χ2v) is 6.70. The van der Waals surface area contributed by atoms with Gasteiger partial charge in [0, 0.05) is 0 Å². The zero-order valence-corrected chi connectivity index (χ0v) is 12.3. The number of nitrogens with two attached hydrogens (primary N) is 1. The van der Waals surface area contributed by atoms with Crippen molar-refractivity contribution in [1.29, 1.82) is 0 Å². The van der Waals surface area contributed by atoms with Crippen molar-refractivity contribution in [2.24, 2.45) is 17.1 Å². The minimum absolute atomic E-state index is 0.746. The molecule has 1 atom stereocenters. The first-order chi connectivity index (χ1) is 8.78. The summed E-state index contributed by atoms with van der Waals surface area (Å²) in [6.45, 7) is 7.12. The van der Waals surface area contributed by atoms with Crippen molar-refractivity contribution in [1.82, 2.24) is 4.90 Å². The zero-order chi connectivity index (χ0) is 12.8. The van der Waals surface area contributed by atoms with Crippen LogP contribution in [-0.4, -0.2) is 31.1 Å². The molecular formula is C16H32N2. The fourth-order valence-electron chi connectivity index (χ4n) is 3.91. The quantitative estimate of drug-likeness (QED) is 0.812. The Bertz CT molecular complexity index is 219. The maximum absolute atomic E-state index is 5.79. The molecule has 0 aromatic carbocycles. The summed E-state index contributed by atoms with van der Waals surface area (Å²) in [6.07, 6.45) is 13.0. The number of rotatable bonds is 5. The molecule has 18 heavy (non-hydrogen) atoms. The van der Waals surface area contributed by atoms with Gasteiger partial charge < -0.3 is 10.6 Å². The number of likely N-dealkylation sites (tertiary alicyclic amines) is 1. The highest BCUT2D eigenvalue weighted by Gasteiger charge is 2.35. The van der Waals surface area contributed by atoms with Crippen molar-refractivity contribution in [3.63, 3.8) is 0 Å². The maximum Gasteiger partial charge on any atom is -0.00134 e. The summed E-state index contributed by atoms with van der Waals surface area (Å²) in [7, 11) is 0. The number of hydrogen-bond donors (Lipinski definition) is 1. The molecule has 1 saturated carbocycles. The van der Waals surface area contributed by atoms with E-state index in [1.54, 1.807) is 0 Å². The number of nitrogens with zero attached hydrogens (tertiary/aromatic N) is 1. The molecule has 1 aliphatic heterocycles. The molecule has 2 fully saturated rings. The van der Waals surface area contributed by atoms with Gasteiger partial charge in [0.05, 0.1) is 0 Å². The lowest BCUT2D eigenvalue weighted by Crippen LogP contribution is -2.41. The van der Waals surface area contributed by atoms with Crippen LogP contribution in [0.2, 0.25) is 0 Å². The second kappa shape index (κ2) is 6.91. The SMILES string of the molecule is CCC(CN)CCN1CCC2(CCCCC2)CC1. The lowest BCUT2D eigenvalue weighted by molar-refractivity contribution is 0.0650. The molecule has 0 bridgehead atoms. The average molecular weight is 252 g/mol. The van der Waals surface area contributed by atoms with Crippen LogP contribution in [0.25, 0.3) is 0 Å². The molecule has 0 amide bonds. The summed E-state index contributed by atoms with van der Waals surface area (Å²) in [6, 6.07) is 0. The number of piperidine rings is 1. The Hall–Kier alpha value is -0.0800. The fourth-order valence-corrected chi connectivity index (χ4v) is 3.91. The van der Waals surface area contributed by atoms with Gasteiger partial charge in [0.1, 0.15) is 0 Å². The minimum Gasteiger partial charge on any atom is -0.330 e. The van der Waals surface area contributed by atoms with Crippen LogP contribution in [0.3, 0.4) is 0 Å². The first kappa shape index (κ1) is 14.3. The Kier molecular flexibility index (Phi) is 5.50. The molecule has 1 aliphatic carbocycles. The number of hydrogen-bond acceptors (Lipinski definition) is 2. The van der Waals surface area contributed by atoms with Gasteiger partial charge in [-0.15, -0.1) is 0 Å². The molecule has 2 aliphatic rings. The van der Waals surface area contributed by atoms with Gasteiger partial charge in [-0.25, -0.2) is 0 Å². The van der Waals surface area contributed by atoms with E-state index >= 15 is 0 Å². The topological polar surface area (TPSA) is 29.3 Å². The lowest BCUT2D eigenvalue weighted by atomic mass is 9.68. The summed E-state index contributed by atoms with van der Waals surface area (Å²) in [5.41, 5.74) is 6.55. The monoisotopic (exact) mass is 252 g/mol. The third-order valence-corrected chi connectivity index (χ3v) is 5.60. The predicted molar refractivity (Wildman–Crippen MR) is 78.6 cm³/mol. The highest BCUT2D eigenvalue weighted by molar-refractivity contribution is 4.88. The van der Waals surface area contributed by atoms with Crippen LogP contribution in [0.5, 0.6) is 0 Å². The third-order valence-electron chi connectivity index (χ3n) is 5.60. The van der Waals surface area contributed by atoms with Gasteiger partial charge in [-0.2, -0.15) is 0 Å². The van der Waals surface area contributed by atoms with Gasteiger partial charge in [-0.1, -0.05) is 32.6 Å². The van der Waals surface area contributed by atoms with Crippen LogP contribution >= 0.6 is 0 Å². The molecule has 1 heterocycles. The minimum atomic E-state index is 0.746. The van der Waals surface area contributed by atoms with Gasteiger partial charge >= 0.3 is 0 Å². The van der Waals surface area contributed by atoms with Crippen molar-refractivity contribution in [2.45, 2.75) is 64.7 Å². The van der Waals surface area contributed by atoms with E-state index in [0.717, 1.165) is 17.9 Å². The third kappa shape index (κ3) is 3.71. The van der Waals surface area contributed by atoms with E-state index in [1.807, 2.05) is 0 Å². The van der Waals surface area contributed by atoms with Gasteiger partial charge in [0.15, 0.2) is 0 Å². The molecule has 0 radical (unpaired) electrons. The molecule has 2 rings (SSSR count). The molecule has 106 valence electrons. The van der Waals surface area contributed by atoms with E-state index in [4.69, 9.17) is 5.73 Å². The Morgan fingerprint density at radius 3 is 2.28 bits per heavy atom. The first-order valence-corrected chi connectivity index (χ1v) is 8.20. The summed E-state index contributed by atoms with van der Waals surface area (Å²) in [4.78, 5) is 2.69. The normalized spacial score (nSPS) is 26.3. The predicted octanol–water partition coefficient (Wildman–Crippen LogP) is 3.41. The highest BCUT2D eigenvalue weighted by atomic mass is 15.1. The highest BCUT2D eigenvalue weighted by Crippen LogP contribution is 2.44. The van der Waals surface area contributed by atoms with Gasteiger partial charge in [-0.3, -0.25) is 0 Å².